The number of carbonyl (C=O) groups excluding carboxylic acids is 1. The zero-order valence-corrected chi connectivity index (χ0v) is 10.8. The monoisotopic (exact) mass is 247 g/mol. The van der Waals surface area contributed by atoms with Crippen molar-refractivity contribution in [2.24, 2.45) is 5.73 Å². The summed E-state index contributed by atoms with van der Waals surface area (Å²) in [4.78, 5) is 13.8. The van der Waals surface area contributed by atoms with E-state index in [0.29, 0.717) is 31.2 Å². The molecule has 3 N–H and O–H groups in total. The van der Waals surface area contributed by atoms with Crippen molar-refractivity contribution in [1.29, 1.82) is 0 Å². The summed E-state index contributed by atoms with van der Waals surface area (Å²) < 4.78 is 4.84. The molecule has 0 aliphatic carbocycles. The Morgan fingerprint density at radius 2 is 2.19 bits per heavy atom. The van der Waals surface area contributed by atoms with Gasteiger partial charge in [-0.1, -0.05) is 19.1 Å². The molecule has 0 aliphatic heterocycles. The molecule has 0 radical (unpaired) electrons. The van der Waals surface area contributed by atoms with Crippen LogP contribution in [-0.2, 0) is 9.53 Å². The fourth-order valence-electron chi connectivity index (χ4n) is 1.30. The van der Waals surface area contributed by atoms with Crippen LogP contribution in [-0.4, -0.2) is 55.7 Å². The molecule has 94 valence electrons. The quantitative estimate of drug-likeness (QED) is 0.434. The molecule has 0 rings (SSSR count). The van der Waals surface area contributed by atoms with Crippen LogP contribution in [0.5, 0.6) is 0 Å². The van der Waals surface area contributed by atoms with Gasteiger partial charge in [0, 0.05) is 20.2 Å². The van der Waals surface area contributed by atoms with Crippen LogP contribution in [0.1, 0.15) is 13.3 Å². The smallest absolute Gasteiger partial charge is 0.234 e. The first kappa shape index (κ1) is 15.3. The van der Waals surface area contributed by atoms with Gasteiger partial charge in [-0.3, -0.25) is 9.69 Å². The summed E-state index contributed by atoms with van der Waals surface area (Å²) in [5, 5.41) is 2.76. The van der Waals surface area contributed by atoms with Crippen LogP contribution in [0.2, 0.25) is 0 Å². The van der Waals surface area contributed by atoms with Gasteiger partial charge >= 0.3 is 0 Å². The highest BCUT2D eigenvalue weighted by molar-refractivity contribution is 7.80. The van der Waals surface area contributed by atoms with Crippen LogP contribution in [0.15, 0.2) is 0 Å². The molecule has 0 unspecified atom stereocenters. The lowest BCUT2D eigenvalue weighted by Crippen LogP contribution is -2.42. The van der Waals surface area contributed by atoms with Gasteiger partial charge in [0.25, 0.3) is 0 Å². The Kier molecular flexibility index (Phi) is 9.07. The van der Waals surface area contributed by atoms with E-state index < -0.39 is 0 Å². The number of nitrogens with two attached hydrogens (primary N) is 1. The first-order chi connectivity index (χ1) is 7.60. The second-order valence-electron chi connectivity index (χ2n) is 3.52. The van der Waals surface area contributed by atoms with Crippen LogP contribution in [0.25, 0.3) is 0 Å². The lowest BCUT2D eigenvalue weighted by atomic mass is 10.3. The summed E-state index contributed by atoms with van der Waals surface area (Å²) in [5.41, 5.74) is 5.46. The molecule has 0 heterocycles. The molecule has 0 spiro atoms. The highest BCUT2D eigenvalue weighted by atomic mass is 32.1. The number of hydrogen-bond donors (Lipinski definition) is 2. The van der Waals surface area contributed by atoms with E-state index in [1.54, 1.807) is 7.11 Å². The van der Waals surface area contributed by atoms with Crippen molar-refractivity contribution in [2.75, 3.05) is 39.9 Å². The highest BCUT2D eigenvalue weighted by Gasteiger charge is 2.10. The van der Waals surface area contributed by atoms with Gasteiger partial charge in [-0.05, 0) is 13.0 Å². The van der Waals surface area contributed by atoms with E-state index in [2.05, 4.69) is 12.2 Å². The standard InChI is InChI=1S/C10H21N3O2S/c1-3-5-13(7-9(11)16)8-10(14)12-4-6-15-2/h3-8H2,1-2H3,(H2,11,16)(H,12,14). The van der Waals surface area contributed by atoms with Crippen LogP contribution in [0, 0.1) is 0 Å². The first-order valence-electron chi connectivity index (χ1n) is 5.36. The van der Waals surface area contributed by atoms with Crippen LogP contribution < -0.4 is 11.1 Å². The van der Waals surface area contributed by atoms with Gasteiger partial charge in [0.15, 0.2) is 0 Å². The van der Waals surface area contributed by atoms with Gasteiger partial charge < -0.3 is 15.8 Å². The molecule has 0 atom stereocenters. The van der Waals surface area contributed by atoms with Gasteiger partial charge in [0.2, 0.25) is 5.91 Å². The molecule has 0 aliphatic rings. The number of amides is 1. The van der Waals surface area contributed by atoms with Crippen molar-refractivity contribution in [3.8, 4) is 0 Å². The Hall–Kier alpha value is -0.720. The van der Waals surface area contributed by atoms with Gasteiger partial charge in [0.1, 0.15) is 0 Å². The van der Waals surface area contributed by atoms with Gasteiger partial charge in [-0.25, -0.2) is 0 Å². The average molecular weight is 247 g/mol. The molecular weight excluding hydrogens is 226 g/mol. The predicted molar refractivity (Wildman–Crippen MR) is 68.4 cm³/mol. The molecule has 0 aromatic carbocycles. The number of nitrogens with one attached hydrogen (secondary N) is 1. The Balaban J connectivity index is 3.87. The number of ether oxygens (including phenoxy) is 1. The van der Waals surface area contributed by atoms with Crippen molar-refractivity contribution in [1.82, 2.24) is 10.2 Å². The largest absolute Gasteiger partial charge is 0.392 e. The molecule has 0 saturated carbocycles. The predicted octanol–water partition coefficient (Wildman–Crippen LogP) is -0.253. The highest BCUT2D eigenvalue weighted by Crippen LogP contribution is 1.91. The fraction of sp³-hybridized carbons (Fsp3) is 0.800. The van der Waals surface area contributed by atoms with Crippen LogP contribution in [0.3, 0.4) is 0 Å². The number of nitrogens with zero attached hydrogens (tertiary/aromatic N) is 1. The van der Waals surface area contributed by atoms with E-state index in [1.807, 2.05) is 4.90 Å². The first-order valence-corrected chi connectivity index (χ1v) is 5.77. The molecule has 0 aromatic rings. The van der Waals surface area contributed by atoms with E-state index in [1.165, 1.54) is 0 Å². The summed E-state index contributed by atoms with van der Waals surface area (Å²) in [6.07, 6.45) is 0.966. The van der Waals surface area contributed by atoms with Crippen LogP contribution >= 0.6 is 12.2 Å². The topological polar surface area (TPSA) is 67.6 Å². The maximum atomic E-state index is 11.5. The maximum Gasteiger partial charge on any atom is 0.234 e. The minimum absolute atomic E-state index is 0.0262. The Morgan fingerprint density at radius 1 is 1.50 bits per heavy atom. The zero-order chi connectivity index (χ0) is 12.4. The number of thiocarbonyl (C=S) groups is 1. The van der Waals surface area contributed by atoms with E-state index >= 15 is 0 Å². The van der Waals surface area contributed by atoms with Gasteiger partial charge in [0.05, 0.1) is 18.1 Å². The minimum Gasteiger partial charge on any atom is -0.392 e. The van der Waals surface area contributed by atoms with Crippen molar-refractivity contribution in [3.63, 3.8) is 0 Å². The summed E-state index contributed by atoms with van der Waals surface area (Å²) in [5.74, 6) is -0.0262. The molecule has 6 heteroatoms. The third kappa shape index (κ3) is 8.58. The summed E-state index contributed by atoms with van der Waals surface area (Å²) in [6, 6.07) is 0. The molecular formula is C10H21N3O2S. The van der Waals surface area contributed by atoms with Crippen LogP contribution in [0.4, 0.5) is 0 Å². The molecule has 0 bridgehead atoms. The molecule has 1 amide bonds. The van der Waals surface area contributed by atoms with Crippen molar-refractivity contribution in [3.05, 3.63) is 0 Å². The average Bonchev–Trinajstić information content (AvgIpc) is 2.17. The third-order valence-corrected chi connectivity index (χ3v) is 2.04. The van der Waals surface area contributed by atoms with Gasteiger partial charge in [-0.2, -0.15) is 0 Å². The van der Waals surface area contributed by atoms with E-state index in [4.69, 9.17) is 22.7 Å². The van der Waals surface area contributed by atoms with E-state index in [0.717, 1.165) is 13.0 Å². The summed E-state index contributed by atoms with van der Waals surface area (Å²) >= 11 is 4.83. The van der Waals surface area contributed by atoms with E-state index in [-0.39, 0.29) is 5.91 Å². The second kappa shape index (κ2) is 9.50. The number of hydrogen-bond acceptors (Lipinski definition) is 4. The number of carbonyl (C=O) groups is 1. The van der Waals surface area contributed by atoms with Crippen molar-refractivity contribution in [2.45, 2.75) is 13.3 Å². The third-order valence-electron chi connectivity index (χ3n) is 1.91. The Morgan fingerprint density at radius 3 is 2.69 bits per heavy atom. The normalized spacial score (nSPS) is 10.4. The van der Waals surface area contributed by atoms with Gasteiger partial charge in [-0.15, -0.1) is 0 Å². The van der Waals surface area contributed by atoms with Crippen molar-refractivity contribution >= 4 is 23.1 Å². The zero-order valence-electron chi connectivity index (χ0n) is 9.99. The van der Waals surface area contributed by atoms with Crippen molar-refractivity contribution < 1.29 is 9.53 Å². The summed E-state index contributed by atoms with van der Waals surface area (Å²) in [7, 11) is 1.60. The molecule has 5 nitrogen and oxygen atoms in total. The fourth-order valence-corrected chi connectivity index (χ4v) is 1.48. The molecule has 16 heavy (non-hydrogen) atoms. The SMILES string of the molecule is CCCN(CC(=O)NCCOC)CC(N)=S. The summed E-state index contributed by atoms with van der Waals surface area (Å²) in [6.45, 7) is 4.73. The minimum atomic E-state index is -0.0262. The number of rotatable bonds is 9. The second-order valence-corrected chi connectivity index (χ2v) is 4.04. The lowest BCUT2D eigenvalue weighted by molar-refractivity contribution is -0.122. The molecule has 0 aromatic heterocycles. The molecule has 0 fully saturated rings. The van der Waals surface area contributed by atoms with E-state index in [9.17, 15) is 4.79 Å². The maximum absolute atomic E-state index is 11.5. The number of methoxy groups -OCH3 is 1. The Labute approximate surface area is 102 Å². The lowest BCUT2D eigenvalue weighted by Gasteiger charge is -2.20. The Bertz CT molecular complexity index is 224. The molecule has 0 saturated heterocycles.